The fraction of sp³-hybridized carbons (Fsp3) is 0. The second-order valence-electron chi connectivity index (χ2n) is 1.99. The van der Waals surface area contributed by atoms with Crippen LogP contribution in [0.1, 0.15) is 0 Å². The number of benzene rings is 1. The zero-order valence-electron chi connectivity index (χ0n) is 5.58. The van der Waals surface area contributed by atoms with E-state index in [1.807, 2.05) is 24.3 Å². The first kappa shape index (κ1) is 8.18. The van der Waals surface area contributed by atoms with E-state index in [-0.39, 0.29) is 17.1 Å². The van der Waals surface area contributed by atoms with E-state index in [0.717, 1.165) is 11.0 Å². The van der Waals surface area contributed by atoms with Gasteiger partial charge in [0.1, 0.15) is 0 Å². The molecule has 0 saturated heterocycles. The maximum atomic E-state index is 4.06. The van der Waals surface area contributed by atoms with E-state index in [4.69, 9.17) is 0 Å². The fourth-order valence-electron chi connectivity index (χ4n) is 0.865. The van der Waals surface area contributed by atoms with E-state index >= 15 is 0 Å². The summed E-state index contributed by atoms with van der Waals surface area (Å²) in [6.45, 7) is 0. The van der Waals surface area contributed by atoms with E-state index in [0.29, 0.717) is 0 Å². The van der Waals surface area contributed by atoms with Gasteiger partial charge in [0, 0.05) is 5.52 Å². The van der Waals surface area contributed by atoms with Crippen LogP contribution in [-0.4, -0.2) is 9.97 Å². The van der Waals surface area contributed by atoms with Gasteiger partial charge in [0.15, 0.2) is 0 Å². The van der Waals surface area contributed by atoms with Crippen LogP contribution in [0.3, 0.4) is 0 Å². The van der Waals surface area contributed by atoms with Crippen molar-refractivity contribution in [2.45, 2.75) is 0 Å². The van der Waals surface area contributed by atoms with Gasteiger partial charge in [-0.05, 0) is 6.20 Å². The monoisotopic (exact) mass is 192 g/mol. The first-order valence-electron chi connectivity index (χ1n) is 3.05. The summed E-state index contributed by atoms with van der Waals surface area (Å²) in [4.78, 5) is 8.06. The summed E-state index contributed by atoms with van der Waals surface area (Å²) in [5.41, 5.74) is 1.81. The molecule has 1 aromatic carbocycles. The van der Waals surface area contributed by atoms with E-state index in [1.165, 1.54) is 0 Å². The number of hydrogen-bond donors (Lipinski definition) is 0. The third kappa shape index (κ3) is 1.56. The number of rotatable bonds is 0. The molecule has 0 N–H and O–H groups in total. The van der Waals surface area contributed by atoms with E-state index in [2.05, 4.69) is 16.2 Å². The second kappa shape index (κ2) is 3.46. The van der Waals surface area contributed by atoms with Gasteiger partial charge >= 0.3 is 17.1 Å². The smallest absolute Gasteiger partial charge is 0.448 e. The van der Waals surface area contributed by atoms with Crippen LogP contribution in [0.5, 0.6) is 0 Å². The zero-order chi connectivity index (χ0) is 6.81. The van der Waals surface area contributed by atoms with E-state index in [9.17, 15) is 0 Å². The largest absolute Gasteiger partial charge is 1.00 e. The number of hydrogen-bond acceptors (Lipinski definition) is 2. The molecular formula is C8H5CuN2. The molecule has 0 aliphatic heterocycles. The molecule has 0 radical (unpaired) electrons. The molecule has 0 saturated carbocycles. The molecule has 1 aromatic heterocycles. The van der Waals surface area contributed by atoms with Gasteiger partial charge in [-0.1, -0.05) is 23.7 Å². The van der Waals surface area contributed by atoms with Crippen LogP contribution in [-0.2, 0) is 17.1 Å². The molecule has 0 bridgehead atoms. The predicted octanol–water partition coefficient (Wildman–Crippen LogP) is 1.43. The van der Waals surface area contributed by atoms with Gasteiger partial charge in [-0.25, -0.2) is 0 Å². The Bertz CT molecular complexity index is 283. The summed E-state index contributed by atoms with van der Waals surface area (Å²) in [5.74, 6) is 0. The van der Waals surface area contributed by atoms with Gasteiger partial charge in [0.25, 0.3) is 0 Å². The van der Waals surface area contributed by atoms with Gasteiger partial charge in [0.2, 0.25) is 0 Å². The Balaban J connectivity index is 0.000000605. The minimum atomic E-state index is 0. The number of fused-ring (bicyclic) bond motifs is 1. The Morgan fingerprint density at radius 1 is 1.09 bits per heavy atom. The third-order valence-corrected chi connectivity index (χ3v) is 1.33. The summed E-state index contributed by atoms with van der Waals surface area (Å²) >= 11 is 0. The van der Waals surface area contributed by atoms with Crippen molar-refractivity contribution in [1.82, 2.24) is 9.97 Å². The summed E-state index contributed by atoms with van der Waals surface area (Å²) in [7, 11) is 0. The van der Waals surface area contributed by atoms with Crippen LogP contribution >= 0.6 is 0 Å². The number of para-hydroxylation sites is 2. The molecule has 0 spiro atoms. The molecule has 2 rings (SSSR count). The van der Waals surface area contributed by atoms with Crippen molar-refractivity contribution in [3.05, 3.63) is 36.7 Å². The quantitative estimate of drug-likeness (QED) is 0.466. The Hall–Kier alpha value is -0.921. The van der Waals surface area contributed by atoms with Crippen LogP contribution < -0.4 is 0 Å². The van der Waals surface area contributed by atoms with Crippen LogP contribution in [0.4, 0.5) is 0 Å². The first-order chi connectivity index (χ1) is 4.97. The average molecular weight is 193 g/mol. The maximum absolute atomic E-state index is 4.06. The molecular weight excluding hydrogens is 188 g/mol. The standard InChI is InChI=1S/C8H5N2.Cu/c1-2-4-8-7(3-1)9-5-6-10-8;/h1-5H;/q-1;+1. The molecule has 2 nitrogen and oxygen atoms in total. The van der Waals surface area contributed by atoms with Crippen LogP contribution in [0.2, 0.25) is 0 Å². The van der Waals surface area contributed by atoms with Crippen LogP contribution in [0.15, 0.2) is 30.5 Å². The van der Waals surface area contributed by atoms with Gasteiger partial charge in [-0.3, -0.25) is 4.98 Å². The molecule has 0 aliphatic carbocycles. The second-order valence-corrected chi connectivity index (χ2v) is 1.99. The molecule has 2 aromatic rings. The first-order valence-corrected chi connectivity index (χ1v) is 3.05. The average Bonchev–Trinajstić information content (AvgIpc) is 2.05. The van der Waals surface area contributed by atoms with Gasteiger partial charge in [0.05, 0.1) is 0 Å². The normalized spacial score (nSPS) is 9.09. The molecule has 3 heteroatoms. The van der Waals surface area contributed by atoms with Crippen molar-refractivity contribution in [3.8, 4) is 0 Å². The third-order valence-electron chi connectivity index (χ3n) is 1.33. The Morgan fingerprint density at radius 3 is 2.55 bits per heavy atom. The topological polar surface area (TPSA) is 25.8 Å². The Labute approximate surface area is 75.1 Å². The van der Waals surface area contributed by atoms with Crippen molar-refractivity contribution in [3.63, 3.8) is 0 Å². The summed E-state index contributed by atoms with van der Waals surface area (Å²) in [5, 5.41) is 0. The minimum absolute atomic E-state index is 0. The molecule has 11 heavy (non-hydrogen) atoms. The molecule has 0 fully saturated rings. The molecule has 0 atom stereocenters. The van der Waals surface area contributed by atoms with Crippen molar-refractivity contribution in [2.75, 3.05) is 0 Å². The van der Waals surface area contributed by atoms with Crippen LogP contribution in [0.25, 0.3) is 11.0 Å². The summed E-state index contributed by atoms with van der Waals surface area (Å²) in [6.07, 6.45) is 4.25. The van der Waals surface area contributed by atoms with Crippen LogP contribution in [0, 0.1) is 6.20 Å². The molecule has 1 heterocycles. The van der Waals surface area contributed by atoms with Crippen molar-refractivity contribution >= 4 is 11.0 Å². The van der Waals surface area contributed by atoms with Gasteiger partial charge in [-0.2, -0.15) is 0 Å². The van der Waals surface area contributed by atoms with Gasteiger partial charge < -0.3 is 4.98 Å². The number of nitrogens with zero attached hydrogens (tertiary/aromatic N) is 2. The summed E-state index contributed by atoms with van der Waals surface area (Å²) < 4.78 is 0. The van der Waals surface area contributed by atoms with Crippen molar-refractivity contribution in [2.24, 2.45) is 0 Å². The van der Waals surface area contributed by atoms with Gasteiger partial charge in [-0.15, -0.1) is 12.3 Å². The molecule has 0 unspecified atom stereocenters. The molecule has 58 valence electrons. The van der Waals surface area contributed by atoms with Crippen molar-refractivity contribution in [1.29, 1.82) is 0 Å². The number of aromatic nitrogens is 2. The summed E-state index contributed by atoms with van der Waals surface area (Å²) in [6, 6.07) is 7.72. The molecule has 0 aliphatic rings. The zero-order valence-corrected chi connectivity index (χ0v) is 6.52. The minimum Gasteiger partial charge on any atom is -0.448 e. The Morgan fingerprint density at radius 2 is 1.82 bits per heavy atom. The van der Waals surface area contributed by atoms with E-state index in [1.54, 1.807) is 6.20 Å². The van der Waals surface area contributed by atoms with E-state index < -0.39 is 0 Å². The predicted molar refractivity (Wildman–Crippen MR) is 38.4 cm³/mol. The fourth-order valence-corrected chi connectivity index (χ4v) is 0.865. The van der Waals surface area contributed by atoms with Crippen molar-refractivity contribution < 1.29 is 17.1 Å². The SMILES string of the molecule is [Cu+].[c-]1cnc2ccccc2n1. The Kier molecular flexibility index (Phi) is 2.58. The maximum Gasteiger partial charge on any atom is 1.00 e. The molecule has 0 amide bonds.